The van der Waals surface area contributed by atoms with Crippen LogP contribution in [-0.4, -0.2) is 87.8 Å². The summed E-state index contributed by atoms with van der Waals surface area (Å²) < 4.78 is 12.7. The molecule has 3 amide bonds. The number of amides is 3. The molecule has 3 saturated heterocycles. The highest BCUT2D eigenvalue weighted by Gasteiger charge is 2.79. The van der Waals surface area contributed by atoms with E-state index in [-0.39, 0.29) is 42.2 Å². The number of carbonyl (C=O) groups is 3. The maximum Gasteiger partial charge on any atom is 0.249 e. The first kappa shape index (κ1) is 37.6. The van der Waals surface area contributed by atoms with Gasteiger partial charge < -0.3 is 29.3 Å². The number of nitrogens with zero attached hydrogens (tertiary/aromatic N) is 3. The van der Waals surface area contributed by atoms with Gasteiger partial charge in [0.05, 0.1) is 36.7 Å². The van der Waals surface area contributed by atoms with Crippen molar-refractivity contribution >= 4 is 23.4 Å². The minimum Gasteiger partial charge on any atom is -0.494 e. The van der Waals surface area contributed by atoms with Crippen LogP contribution in [-0.2, 0) is 19.1 Å². The molecule has 266 valence electrons. The summed E-state index contributed by atoms with van der Waals surface area (Å²) in [4.78, 5) is 50.2. The molecular formula is C39H59N3O6. The van der Waals surface area contributed by atoms with Gasteiger partial charge in [-0.05, 0) is 82.1 Å². The van der Waals surface area contributed by atoms with Crippen LogP contribution in [0.1, 0.15) is 88.0 Å². The van der Waals surface area contributed by atoms with E-state index < -0.39 is 40.7 Å². The zero-order valence-corrected chi connectivity index (χ0v) is 30.8. The van der Waals surface area contributed by atoms with Crippen molar-refractivity contribution in [2.45, 2.75) is 117 Å². The molecule has 1 aromatic carbocycles. The van der Waals surface area contributed by atoms with Crippen molar-refractivity contribution in [3.05, 3.63) is 49.6 Å². The first-order valence-electron chi connectivity index (χ1n) is 17.7. The summed E-state index contributed by atoms with van der Waals surface area (Å²) in [5.74, 6) is -1.91. The molecule has 4 rings (SSSR count). The molecule has 3 fully saturated rings. The standard InChI is InChI=1S/C39H59N3O6/c1-12-22-40(27-16-18-28(19-17-27)47-15-4)33(44)30-31-34(45)42(29(24-43)26(5)6)32(39(31)21-20-38(30,14-3)48-39)35(46)41(23-13-2)37(10,11)25-36(7,8)9/h12-13,16-19,26,29-32,43H,1-2,14-15,20-25H2,3-11H3/t29-,30-,31-,32?,38+,39?/m0/s1. The van der Waals surface area contributed by atoms with Gasteiger partial charge in [-0.3, -0.25) is 14.4 Å². The highest BCUT2D eigenvalue weighted by atomic mass is 16.5. The van der Waals surface area contributed by atoms with Gasteiger partial charge in [0.1, 0.15) is 17.4 Å². The minimum atomic E-state index is -1.22. The summed E-state index contributed by atoms with van der Waals surface area (Å²) in [6.07, 6.45) is 5.64. The normalized spacial score (nSPS) is 27.2. The van der Waals surface area contributed by atoms with E-state index in [9.17, 15) is 14.7 Å². The molecule has 9 nitrogen and oxygen atoms in total. The van der Waals surface area contributed by atoms with Crippen molar-refractivity contribution in [1.82, 2.24) is 9.80 Å². The summed E-state index contributed by atoms with van der Waals surface area (Å²) in [5.41, 5.74) is -2.13. The number of benzene rings is 1. The summed E-state index contributed by atoms with van der Waals surface area (Å²) >= 11 is 0. The second-order valence-electron chi connectivity index (χ2n) is 16.0. The van der Waals surface area contributed by atoms with Gasteiger partial charge in [-0.2, -0.15) is 0 Å². The molecule has 6 atom stereocenters. The van der Waals surface area contributed by atoms with Gasteiger partial charge in [-0.1, -0.05) is 53.7 Å². The van der Waals surface area contributed by atoms with Crippen LogP contribution in [0.3, 0.4) is 0 Å². The molecule has 0 radical (unpaired) electrons. The molecule has 1 aromatic rings. The Morgan fingerprint density at radius 2 is 1.69 bits per heavy atom. The molecule has 3 aliphatic heterocycles. The molecule has 3 aliphatic rings. The fourth-order valence-electron chi connectivity index (χ4n) is 9.10. The number of aliphatic hydroxyl groups excluding tert-OH is 1. The van der Waals surface area contributed by atoms with Crippen LogP contribution in [0.15, 0.2) is 49.6 Å². The van der Waals surface area contributed by atoms with Crippen LogP contribution in [0.25, 0.3) is 0 Å². The third-order valence-corrected chi connectivity index (χ3v) is 10.7. The van der Waals surface area contributed by atoms with Gasteiger partial charge >= 0.3 is 0 Å². The second kappa shape index (κ2) is 14.0. The van der Waals surface area contributed by atoms with Gasteiger partial charge in [-0.15, -0.1) is 13.2 Å². The van der Waals surface area contributed by atoms with E-state index in [1.165, 1.54) is 0 Å². The number of hydrogen-bond acceptors (Lipinski definition) is 6. The lowest BCUT2D eigenvalue weighted by atomic mass is 9.64. The average Bonchev–Trinajstić information content (AvgIpc) is 3.61. The Kier molecular flexibility index (Phi) is 11.0. The molecule has 3 heterocycles. The summed E-state index contributed by atoms with van der Waals surface area (Å²) in [6, 6.07) is 5.71. The third kappa shape index (κ3) is 6.45. The maximum absolute atomic E-state index is 15.2. The Bertz CT molecular complexity index is 1370. The van der Waals surface area contributed by atoms with Crippen LogP contribution in [0.5, 0.6) is 5.75 Å². The zero-order chi connectivity index (χ0) is 35.8. The van der Waals surface area contributed by atoms with E-state index in [1.807, 2.05) is 56.9 Å². The summed E-state index contributed by atoms with van der Waals surface area (Å²) in [7, 11) is 0. The smallest absolute Gasteiger partial charge is 0.249 e. The predicted octanol–water partition coefficient (Wildman–Crippen LogP) is 6.01. The van der Waals surface area contributed by atoms with Crippen LogP contribution < -0.4 is 9.64 Å². The molecule has 0 aliphatic carbocycles. The van der Waals surface area contributed by atoms with E-state index in [0.717, 1.165) is 0 Å². The number of carbonyl (C=O) groups excluding carboxylic acids is 3. The van der Waals surface area contributed by atoms with Crippen molar-refractivity contribution in [2.75, 3.05) is 31.2 Å². The topological polar surface area (TPSA) is 99.6 Å². The first-order chi connectivity index (χ1) is 22.5. The Morgan fingerprint density at radius 3 is 2.19 bits per heavy atom. The Hall–Kier alpha value is -3.17. The van der Waals surface area contributed by atoms with Gasteiger partial charge in [0.2, 0.25) is 17.7 Å². The molecule has 1 spiro atoms. The SMILES string of the molecule is C=CCN(C(=O)[C@@H]1[C@H]2C(=O)N([C@@H](CO)C(C)C)C(C(=O)N(CC=C)C(C)(C)CC(C)(C)C)C23CC[C@@]1(CC)O3)c1ccc(OCC)cc1. The minimum absolute atomic E-state index is 0.0810. The molecule has 0 saturated carbocycles. The molecule has 2 unspecified atom stereocenters. The van der Waals surface area contributed by atoms with Crippen molar-refractivity contribution in [2.24, 2.45) is 23.2 Å². The van der Waals surface area contributed by atoms with Crippen molar-refractivity contribution in [3.63, 3.8) is 0 Å². The van der Waals surface area contributed by atoms with Crippen molar-refractivity contribution in [3.8, 4) is 5.75 Å². The van der Waals surface area contributed by atoms with Crippen molar-refractivity contribution in [1.29, 1.82) is 0 Å². The van der Waals surface area contributed by atoms with Gasteiger partial charge in [0.25, 0.3) is 0 Å². The number of aliphatic hydroxyl groups is 1. The largest absolute Gasteiger partial charge is 0.494 e. The predicted molar refractivity (Wildman–Crippen MR) is 190 cm³/mol. The number of rotatable bonds is 15. The lowest BCUT2D eigenvalue weighted by Gasteiger charge is -2.47. The Balaban J connectivity index is 1.88. The lowest BCUT2D eigenvalue weighted by molar-refractivity contribution is -0.161. The monoisotopic (exact) mass is 665 g/mol. The van der Waals surface area contributed by atoms with Crippen LogP contribution in [0.4, 0.5) is 5.69 Å². The van der Waals surface area contributed by atoms with Crippen LogP contribution in [0, 0.1) is 23.2 Å². The summed E-state index contributed by atoms with van der Waals surface area (Å²) in [6.45, 7) is 27.0. The Labute approximate surface area is 288 Å². The van der Waals surface area contributed by atoms with E-state index in [1.54, 1.807) is 22.0 Å². The van der Waals surface area contributed by atoms with Crippen LogP contribution in [0.2, 0.25) is 0 Å². The fraction of sp³-hybridized carbons (Fsp3) is 0.667. The van der Waals surface area contributed by atoms with Crippen molar-refractivity contribution < 1.29 is 29.0 Å². The van der Waals surface area contributed by atoms with E-state index >= 15 is 4.79 Å². The number of anilines is 1. The van der Waals surface area contributed by atoms with Crippen LogP contribution >= 0.6 is 0 Å². The third-order valence-electron chi connectivity index (χ3n) is 10.7. The number of fused-ring (bicyclic) bond motifs is 1. The van der Waals surface area contributed by atoms with Gasteiger partial charge in [-0.25, -0.2) is 0 Å². The lowest BCUT2D eigenvalue weighted by Crippen LogP contribution is -2.63. The zero-order valence-electron chi connectivity index (χ0n) is 30.8. The first-order valence-corrected chi connectivity index (χ1v) is 17.7. The molecular weight excluding hydrogens is 606 g/mol. The fourth-order valence-corrected chi connectivity index (χ4v) is 9.10. The average molecular weight is 666 g/mol. The highest BCUT2D eigenvalue weighted by Crippen LogP contribution is 2.65. The molecule has 9 heteroatoms. The second-order valence-corrected chi connectivity index (χ2v) is 16.0. The molecule has 1 N–H and O–H groups in total. The van der Waals surface area contributed by atoms with E-state index in [2.05, 4.69) is 47.8 Å². The summed E-state index contributed by atoms with van der Waals surface area (Å²) in [5, 5.41) is 10.7. The molecule has 2 bridgehead atoms. The van der Waals surface area contributed by atoms with E-state index in [0.29, 0.717) is 50.3 Å². The molecule has 0 aromatic heterocycles. The Morgan fingerprint density at radius 1 is 1.06 bits per heavy atom. The van der Waals surface area contributed by atoms with Gasteiger partial charge in [0, 0.05) is 24.3 Å². The number of likely N-dealkylation sites (tertiary alicyclic amines) is 1. The quantitative estimate of drug-likeness (QED) is 0.231. The van der Waals surface area contributed by atoms with E-state index in [4.69, 9.17) is 9.47 Å². The number of ether oxygens (including phenoxy) is 2. The number of hydrogen-bond donors (Lipinski definition) is 1. The van der Waals surface area contributed by atoms with Gasteiger partial charge in [0.15, 0.2) is 0 Å². The molecule has 48 heavy (non-hydrogen) atoms. The maximum atomic E-state index is 15.2. The highest BCUT2D eigenvalue weighted by molar-refractivity contribution is 6.03.